The molecule has 1 heterocycles. The molecule has 1 unspecified atom stereocenters. The van der Waals surface area contributed by atoms with Gasteiger partial charge in [0, 0.05) is 39.3 Å². The maximum absolute atomic E-state index is 12.2. The van der Waals surface area contributed by atoms with E-state index in [9.17, 15) is 4.79 Å². The van der Waals surface area contributed by atoms with Crippen LogP contribution in [0.1, 0.15) is 13.3 Å². The molecule has 1 aromatic carbocycles. The first kappa shape index (κ1) is 20.0. The smallest absolute Gasteiger partial charge is 0.261 e. The second-order valence-electron chi connectivity index (χ2n) is 5.33. The van der Waals surface area contributed by atoms with Crippen molar-refractivity contribution in [3.63, 3.8) is 0 Å². The van der Waals surface area contributed by atoms with Crippen molar-refractivity contribution in [2.45, 2.75) is 19.4 Å². The van der Waals surface area contributed by atoms with Crippen LogP contribution >= 0.6 is 24.0 Å². The van der Waals surface area contributed by atoms with Crippen LogP contribution in [0, 0.1) is 0 Å². The maximum atomic E-state index is 12.2. The number of amides is 1. The van der Waals surface area contributed by atoms with Gasteiger partial charge in [0.05, 0.1) is 5.02 Å². The molecule has 0 radical (unpaired) electrons. The predicted molar refractivity (Wildman–Crippen MR) is 95.7 cm³/mol. The summed E-state index contributed by atoms with van der Waals surface area (Å²) >= 11 is 6.07. The number of halogens is 2. The van der Waals surface area contributed by atoms with E-state index in [2.05, 4.69) is 15.5 Å². The molecule has 130 valence electrons. The minimum atomic E-state index is -0.511. The Morgan fingerprint density at radius 2 is 2.09 bits per heavy atom. The molecular formula is C16H25Cl2N3O2. The normalized spacial score (nSPS) is 16.3. The van der Waals surface area contributed by atoms with Gasteiger partial charge in [0.2, 0.25) is 0 Å². The van der Waals surface area contributed by atoms with Crippen LogP contribution in [-0.2, 0) is 4.79 Å². The van der Waals surface area contributed by atoms with Gasteiger partial charge < -0.3 is 15.4 Å². The van der Waals surface area contributed by atoms with Crippen molar-refractivity contribution in [3.05, 3.63) is 29.3 Å². The molecule has 2 rings (SSSR count). The van der Waals surface area contributed by atoms with Crippen LogP contribution in [0.25, 0.3) is 0 Å². The van der Waals surface area contributed by atoms with Crippen LogP contribution in [0.3, 0.4) is 0 Å². The molecule has 23 heavy (non-hydrogen) atoms. The van der Waals surface area contributed by atoms with Crippen molar-refractivity contribution >= 4 is 29.9 Å². The number of ether oxygens (including phenoxy) is 1. The van der Waals surface area contributed by atoms with Gasteiger partial charge >= 0.3 is 0 Å². The number of nitrogens with zero attached hydrogens (tertiary/aromatic N) is 1. The second kappa shape index (κ2) is 10.7. The Balaban J connectivity index is 0.00000264. The van der Waals surface area contributed by atoms with Crippen molar-refractivity contribution in [3.8, 4) is 5.75 Å². The Morgan fingerprint density at radius 3 is 2.74 bits per heavy atom. The van der Waals surface area contributed by atoms with Crippen LogP contribution in [-0.4, -0.2) is 56.2 Å². The van der Waals surface area contributed by atoms with Crippen LogP contribution in [0.4, 0.5) is 0 Å². The largest absolute Gasteiger partial charge is 0.479 e. The van der Waals surface area contributed by atoms with E-state index < -0.39 is 6.10 Å². The zero-order valence-corrected chi connectivity index (χ0v) is 15.0. The third kappa shape index (κ3) is 6.55. The monoisotopic (exact) mass is 361 g/mol. The van der Waals surface area contributed by atoms with E-state index in [1.54, 1.807) is 12.1 Å². The van der Waals surface area contributed by atoms with Gasteiger partial charge in [-0.15, -0.1) is 12.4 Å². The van der Waals surface area contributed by atoms with Crippen molar-refractivity contribution in [1.82, 2.24) is 15.5 Å². The number of hydrogen-bond donors (Lipinski definition) is 2. The zero-order valence-electron chi connectivity index (χ0n) is 13.4. The van der Waals surface area contributed by atoms with Gasteiger partial charge in [-0.2, -0.15) is 0 Å². The Labute approximate surface area is 149 Å². The van der Waals surface area contributed by atoms with Gasteiger partial charge in [0.25, 0.3) is 5.91 Å². The molecule has 1 aliphatic rings. The molecule has 0 aromatic heterocycles. The Kier molecular flexibility index (Phi) is 9.33. The summed E-state index contributed by atoms with van der Waals surface area (Å²) in [4.78, 5) is 14.6. The summed E-state index contributed by atoms with van der Waals surface area (Å²) in [6.07, 6.45) is 0.0907. The fraction of sp³-hybridized carbons (Fsp3) is 0.562. The summed E-state index contributed by atoms with van der Waals surface area (Å²) in [5.74, 6) is 0.464. The number of piperazine rings is 1. The molecule has 1 aromatic rings. The molecule has 1 amide bonds. The standard InChI is InChI=1S/C16H24ClN3O2.ClH/c1-2-14(22-15-6-4-3-5-13(15)17)16(21)19-9-12-20-10-7-18-8-11-20;/h3-6,14,18H,2,7-12H2,1H3,(H,19,21);1H. The summed E-state index contributed by atoms with van der Waals surface area (Å²) in [5.41, 5.74) is 0. The van der Waals surface area contributed by atoms with E-state index in [1.807, 2.05) is 19.1 Å². The van der Waals surface area contributed by atoms with Crippen LogP contribution in [0.5, 0.6) is 5.75 Å². The van der Waals surface area contributed by atoms with E-state index >= 15 is 0 Å². The number of rotatable bonds is 7. The molecule has 0 spiro atoms. The average Bonchev–Trinajstić information content (AvgIpc) is 2.55. The first-order chi connectivity index (χ1) is 10.7. The first-order valence-corrected chi connectivity index (χ1v) is 8.20. The lowest BCUT2D eigenvalue weighted by Gasteiger charge is -2.27. The highest BCUT2D eigenvalue weighted by Gasteiger charge is 2.19. The van der Waals surface area contributed by atoms with E-state index in [1.165, 1.54) is 0 Å². The van der Waals surface area contributed by atoms with E-state index in [-0.39, 0.29) is 18.3 Å². The minimum Gasteiger partial charge on any atom is -0.479 e. The molecule has 1 aliphatic heterocycles. The van der Waals surface area contributed by atoms with Crippen molar-refractivity contribution in [2.75, 3.05) is 39.3 Å². The van der Waals surface area contributed by atoms with Gasteiger partial charge in [0.1, 0.15) is 5.75 Å². The minimum absolute atomic E-state index is 0. The number of benzene rings is 1. The molecule has 0 bridgehead atoms. The predicted octanol–water partition coefficient (Wildman–Crippen LogP) is 1.94. The number of carbonyl (C=O) groups is 1. The third-order valence-electron chi connectivity index (χ3n) is 3.71. The van der Waals surface area contributed by atoms with Crippen molar-refractivity contribution < 1.29 is 9.53 Å². The Morgan fingerprint density at radius 1 is 1.39 bits per heavy atom. The fourth-order valence-corrected chi connectivity index (χ4v) is 2.58. The summed E-state index contributed by atoms with van der Waals surface area (Å²) in [6, 6.07) is 7.21. The van der Waals surface area contributed by atoms with Gasteiger partial charge in [-0.3, -0.25) is 9.69 Å². The third-order valence-corrected chi connectivity index (χ3v) is 4.02. The molecule has 7 heteroatoms. The fourth-order valence-electron chi connectivity index (χ4n) is 2.40. The lowest BCUT2D eigenvalue weighted by Crippen LogP contribution is -2.47. The van der Waals surface area contributed by atoms with Crippen LogP contribution in [0.2, 0.25) is 5.02 Å². The van der Waals surface area contributed by atoms with Crippen molar-refractivity contribution in [2.24, 2.45) is 0 Å². The molecule has 2 N–H and O–H groups in total. The van der Waals surface area contributed by atoms with E-state index in [4.69, 9.17) is 16.3 Å². The number of nitrogens with one attached hydrogen (secondary N) is 2. The maximum Gasteiger partial charge on any atom is 0.261 e. The summed E-state index contributed by atoms with van der Waals surface area (Å²) in [6.45, 7) is 7.53. The molecule has 1 saturated heterocycles. The zero-order chi connectivity index (χ0) is 15.8. The summed E-state index contributed by atoms with van der Waals surface area (Å²) in [5, 5.41) is 6.79. The highest BCUT2D eigenvalue weighted by Crippen LogP contribution is 2.24. The average molecular weight is 362 g/mol. The summed E-state index contributed by atoms with van der Waals surface area (Å²) in [7, 11) is 0. The lowest BCUT2D eigenvalue weighted by atomic mass is 10.2. The molecular weight excluding hydrogens is 337 g/mol. The molecule has 1 fully saturated rings. The van der Waals surface area contributed by atoms with E-state index in [0.717, 1.165) is 32.7 Å². The van der Waals surface area contributed by atoms with Gasteiger partial charge in [0.15, 0.2) is 6.10 Å². The lowest BCUT2D eigenvalue weighted by molar-refractivity contribution is -0.128. The molecule has 0 aliphatic carbocycles. The quantitative estimate of drug-likeness (QED) is 0.779. The van der Waals surface area contributed by atoms with Crippen molar-refractivity contribution in [1.29, 1.82) is 0 Å². The topological polar surface area (TPSA) is 53.6 Å². The SMILES string of the molecule is CCC(Oc1ccccc1Cl)C(=O)NCCN1CCNCC1.Cl. The van der Waals surface area contributed by atoms with Gasteiger partial charge in [-0.05, 0) is 18.6 Å². The number of hydrogen-bond acceptors (Lipinski definition) is 4. The van der Waals surface area contributed by atoms with Gasteiger partial charge in [-0.1, -0.05) is 30.7 Å². The summed E-state index contributed by atoms with van der Waals surface area (Å²) < 4.78 is 5.73. The molecule has 0 saturated carbocycles. The molecule has 5 nitrogen and oxygen atoms in total. The van der Waals surface area contributed by atoms with E-state index in [0.29, 0.717) is 23.7 Å². The van der Waals surface area contributed by atoms with Crippen LogP contribution < -0.4 is 15.4 Å². The molecule has 1 atom stereocenters. The van der Waals surface area contributed by atoms with Gasteiger partial charge in [-0.25, -0.2) is 0 Å². The highest BCUT2D eigenvalue weighted by atomic mass is 35.5. The number of para-hydroxylation sites is 1. The Hall–Kier alpha value is -1.01. The highest BCUT2D eigenvalue weighted by molar-refractivity contribution is 6.32. The Bertz CT molecular complexity index is 482. The first-order valence-electron chi connectivity index (χ1n) is 7.82. The second-order valence-corrected chi connectivity index (χ2v) is 5.74. The number of carbonyl (C=O) groups excluding carboxylic acids is 1. The van der Waals surface area contributed by atoms with Crippen LogP contribution in [0.15, 0.2) is 24.3 Å².